The van der Waals surface area contributed by atoms with Gasteiger partial charge in [-0.05, 0) is 30.0 Å². The number of amides is 1. The molecule has 1 aromatic rings. The Labute approximate surface area is 119 Å². The first-order chi connectivity index (χ1) is 8.51. The first kappa shape index (κ1) is 15.3. The van der Waals surface area contributed by atoms with Gasteiger partial charge >= 0.3 is 0 Å². The Bertz CT molecular complexity index is 376. The summed E-state index contributed by atoms with van der Waals surface area (Å²) in [5, 5.41) is 3.64. The van der Waals surface area contributed by atoms with Crippen LogP contribution in [0.3, 0.4) is 0 Å². The maximum absolute atomic E-state index is 11.8. The number of hydrogen-bond acceptors (Lipinski definition) is 1. The Balaban J connectivity index is 2.47. The van der Waals surface area contributed by atoms with Crippen LogP contribution in [-0.4, -0.2) is 17.8 Å². The van der Waals surface area contributed by atoms with E-state index < -0.39 is 0 Å². The molecule has 0 saturated carbocycles. The molecular weight excluding hydrogens is 269 g/mol. The predicted octanol–water partition coefficient (Wildman–Crippen LogP) is 3.65. The molecule has 0 aliphatic heterocycles. The van der Waals surface area contributed by atoms with E-state index in [0.717, 1.165) is 12.0 Å². The highest BCUT2D eigenvalue weighted by Crippen LogP contribution is 2.11. The van der Waals surface area contributed by atoms with E-state index >= 15 is 0 Å². The van der Waals surface area contributed by atoms with Crippen molar-refractivity contribution in [3.8, 4) is 0 Å². The molecule has 1 unspecified atom stereocenters. The summed E-state index contributed by atoms with van der Waals surface area (Å²) in [5.74, 6) is 0.970. The van der Waals surface area contributed by atoms with Crippen LogP contribution >= 0.6 is 23.2 Å². The van der Waals surface area contributed by atoms with Crippen molar-refractivity contribution in [1.82, 2.24) is 5.32 Å². The summed E-state index contributed by atoms with van der Waals surface area (Å²) < 4.78 is 0. The summed E-state index contributed by atoms with van der Waals surface area (Å²) in [6.07, 6.45) is 1.26. The Hall–Kier alpha value is -0.730. The van der Waals surface area contributed by atoms with Gasteiger partial charge in [-0.3, -0.25) is 4.79 Å². The van der Waals surface area contributed by atoms with Crippen LogP contribution in [0.1, 0.15) is 25.8 Å². The van der Waals surface area contributed by atoms with Crippen LogP contribution in [0, 0.1) is 5.92 Å². The van der Waals surface area contributed by atoms with Crippen LogP contribution in [0.5, 0.6) is 0 Å². The molecule has 0 radical (unpaired) electrons. The Morgan fingerprint density at radius 3 is 2.39 bits per heavy atom. The molecule has 100 valence electrons. The molecule has 0 saturated heterocycles. The average molecular weight is 288 g/mol. The number of rotatable bonds is 6. The molecule has 1 aromatic carbocycles. The summed E-state index contributed by atoms with van der Waals surface area (Å²) in [7, 11) is 0. The van der Waals surface area contributed by atoms with Crippen LogP contribution in [0.4, 0.5) is 0 Å². The van der Waals surface area contributed by atoms with Gasteiger partial charge in [-0.1, -0.05) is 37.6 Å². The lowest BCUT2D eigenvalue weighted by molar-refractivity contribution is -0.121. The smallest absolute Gasteiger partial charge is 0.224 e. The first-order valence-electron chi connectivity index (χ1n) is 6.11. The van der Waals surface area contributed by atoms with Gasteiger partial charge in [-0.2, -0.15) is 0 Å². The fraction of sp³-hybridized carbons (Fsp3) is 0.500. The van der Waals surface area contributed by atoms with Crippen molar-refractivity contribution in [2.75, 3.05) is 5.88 Å². The van der Waals surface area contributed by atoms with Crippen molar-refractivity contribution in [2.45, 2.75) is 32.7 Å². The van der Waals surface area contributed by atoms with Crippen molar-refractivity contribution in [1.29, 1.82) is 0 Å². The third kappa shape index (κ3) is 5.74. The topological polar surface area (TPSA) is 29.1 Å². The zero-order valence-electron chi connectivity index (χ0n) is 10.7. The molecule has 0 bridgehead atoms. The zero-order valence-corrected chi connectivity index (χ0v) is 12.3. The number of benzene rings is 1. The van der Waals surface area contributed by atoms with Crippen molar-refractivity contribution in [3.63, 3.8) is 0 Å². The second kappa shape index (κ2) is 7.65. The van der Waals surface area contributed by atoms with Gasteiger partial charge in [0.05, 0.1) is 6.42 Å². The average Bonchev–Trinajstić information content (AvgIpc) is 2.30. The second-order valence-electron chi connectivity index (χ2n) is 4.85. The van der Waals surface area contributed by atoms with Crippen LogP contribution in [-0.2, 0) is 11.2 Å². The number of nitrogens with one attached hydrogen (secondary N) is 1. The van der Waals surface area contributed by atoms with Gasteiger partial charge in [0.25, 0.3) is 0 Å². The van der Waals surface area contributed by atoms with Gasteiger partial charge in [0.15, 0.2) is 0 Å². The number of alkyl halides is 1. The van der Waals surface area contributed by atoms with E-state index in [9.17, 15) is 4.79 Å². The molecule has 0 fully saturated rings. The van der Waals surface area contributed by atoms with E-state index in [2.05, 4.69) is 19.2 Å². The molecule has 18 heavy (non-hydrogen) atoms. The van der Waals surface area contributed by atoms with E-state index in [1.807, 2.05) is 12.1 Å². The quantitative estimate of drug-likeness (QED) is 0.795. The molecule has 0 aromatic heterocycles. The normalized spacial score (nSPS) is 12.5. The molecular formula is C14H19Cl2NO. The van der Waals surface area contributed by atoms with Crippen molar-refractivity contribution >= 4 is 29.1 Å². The largest absolute Gasteiger partial charge is 0.352 e. The van der Waals surface area contributed by atoms with Crippen LogP contribution in [0.15, 0.2) is 24.3 Å². The van der Waals surface area contributed by atoms with Crippen LogP contribution in [0.25, 0.3) is 0 Å². The van der Waals surface area contributed by atoms with Gasteiger partial charge in [-0.25, -0.2) is 0 Å². The van der Waals surface area contributed by atoms with Gasteiger partial charge in [0.1, 0.15) is 0 Å². The van der Waals surface area contributed by atoms with E-state index in [1.165, 1.54) is 0 Å². The molecule has 0 aliphatic rings. The van der Waals surface area contributed by atoms with Gasteiger partial charge < -0.3 is 5.32 Å². The lowest BCUT2D eigenvalue weighted by atomic mass is 10.0. The molecule has 1 rings (SSSR count). The molecule has 2 nitrogen and oxygen atoms in total. The Kier molecular flexibility index (Phi) is 6.51. The van der Waals surface area contributed by atoms with Crippen molar-refractivity contribution in [3.05, 3.63) is 34.9 Å². The van der Waals surface area contributed by atoms with Crippen molar-refractivity contribution < 1.29 is 4.79 Å². The molecule has 0 aliphatic carbocycles. The first-order valence-corrected chi connectivity index (χ1v) is 7.02. The number of carbonyl (C=O) groups is 1. The lowest BCUT2D eigenvalue weighted by Crippen LogP contribution is -2.38. The lowest BCUT2D eigenvalue weighted by Gasteiger charge is -2.18. The zero-order chi connectivity index (χ0) is 13.5. The minimum absolute atomic E-state index is 0.00335. The number of carbonyl (C=O) groups excluding carboxylic acids is 1. The minimum Gasteiger partial charge on any atom is -0.352 e. The van der Waals surface area contributed by atoms with E-state index in [1.54, 1.807) is 12.1 Å². The van der Waals surface area contributed by atoms with Crippen LogP contribution in [0.2, 0.25) is 5.02 Å². The number of halogens is 2. The summed E-state index contributed by atoms with van der Waals surface area (Å²) >= 11 is 11.6. The maximum Gasteiger partial charge on any atom is 0.224 e. The minimum atomic E-state index is 0.00335. The predicted molar refractivity (Wildman–Crippen MR) is 77.3 cm³/mol. The molecule has 0 heterocycles. The van der Waals surface area contributed by atoms with Gasteiger partial charge in [-0.15, -0.1) is 11.6 Å². The fourth-order valence-corrected chi connectivity index (χ4v) is 2.13. The number of hydrogen-bond donors (Lipinski definition) is 1. The Morgan fingerprint density at radius 1 is 1.28 bits per heavy atom. The summed E-state index contributed by atoms with van der Waals surface area (Å²) in [5.41, 5.74) is 0.953. The third-order valence-corrected chi connectivity index (χ3v) is 3.21. The van der Waals surface area contributed by atoms with Gasteiger partial charge in [0.2, 0.25) is 5.91 Å². The molecule has 0 spiro atoms. The maximum atomic E-state index is 11.8. The molecule has 1 N–H and O–H groups in total. The van der Waals surface area contributed by atoms with Gasteiger partial charge in [0, 0.05) is 16.9 Å². The fourth-order valence-electron chi connectivity index (χ4n) is 1.80. The monoisotopic (exact) mass is 287 g/mol. The summed E-state index contributed by atoms with van der Waals surface area (Å²) in [6.45, 7) is 4.23. The summed E-state index contributed by atoms with van der Waals surface area (Å²) in [4.78, 5) is 11.8. The van der Waals surface area contributed by atoms with Crippen molar-refractivity contribution in [2.24, 2.45) is 5.92 Å². The highest BCUT2D eigenvalue weighted by atomic mass is 35.5. The second-order valence-corrected chi connectivity index (χ2v) is 5.60. The third-order valence-electron chi connectivity index (χ3n) is 2.59. The Morgan fingerprint density at radius 2 is 1.89 bits per heavy atom. The van der Waals surface area contributed by atoms with E-state index in [-0.39, 0.29) is 11.9 Å². The van der Waals surface area contributed by atoms with E-state index in [4.69, 9.17) is 23.2 Å². The highest BCUT2D eigenvalue weighted by molar-refractivity contribution is 6.30. The molecule has 4 heteroatoms. The molecule has 1 amide bonds. The van der Waals surface area contributed by atoms with Crippen LogP contribution < -0.4 is 5.32 Å². The SMILES string of the molecule is CC(C)CC(CCl)NC(=O)Cc1ccc(Cl)cc1. The van der Waals surface area contributed by atoms with E-state index in [0.29, 0.717) is 23.2 Å². The summed E-state index contributed by atoms with van der Waals surface area (Å²) in [6, 6.07) is 7.35. The highest BCUT2D eigenvalue weighted by Gasteiger charge is 2.13. The standard InChI is InChI=1S/C14H19Cl2NO/c1-10(2)7-13(9-15)17-14(18)8-11-3-5-12(16)6-4-11/h3-6,10,13H,7-9H2,1-2H3,(H,17,18). The molecule has 1 atom stereocenters.